The molecule has 7 heteroatoms. The summed E-state index contributed by atoms with van der Waals surface area (Å²) in [6.45, 7) is 6.63. The Morgan fingerprint density at radius 2 is 2.00 bits per heavy atom. The topological polar surface area (TPSA) is 76.5 Å². The van der Waals surface area contributed by atoms with Crippen LogP contribution in [0.25, 0.3) is 10.9 Å². The number of benzene rings is 2. The number of hydrogen-bond acceptors (Lipinski definition) is 4. The van der Waals surface area contributed by atoms with Crippen molar-refractivity contribution in [3.63, 3.8) is 0 Å². The number of hydrogen-bond donors (Lipinski definition) is 1. The van der Waals surface area contributed by atoms with Crippen molar-refractivity contribution in [1.82, 2.24) is 15.1 Å². The number of amides is 2. The number of rotatable bonds is 2. The Hall–Kier alpha value is -3.35. The van der Waals surface area contributed by atoms with Gasteiger partial charge in [0.15, 0.2) is 0 Å². The summed E-state index contributed by atoms with van der Waals surface area (Å²) in [7, 11) is 3.03. The average molecular weight is 421 g/mol. The Bertz CT molecular complexity index is 1160. The highest BCUT2D eigenvalue weighted by Crippen LogP contribution is 2.35. The molecule has 0 saturated heterocycles. The highest BCUT2D eigenvalue weighted by molar-refractivity contribution is 6.03. The zero-order valence-corrected chi connectivity index (χ0v) is 18.6. The first-order valence-corrected chi connectivity index (χ1v) is 10.4. The van der Waals surface area contributed by atoms with Crippen LogP contribution in [-0.2, 0) is 16.6 Å². The predicted octanol–water partition coefficient (Wildman–Crippen LogP) is 4.78. The van der Waals surface area contributed by atoms with Gasteiger partial charge in [-0.3, -0.25) is 4.90 Å². The van der Waals surface area contributed by atoms with Gasteiger partial charge in [0.05, 0.1) is 30.6 Å². The zero-order valence-electron chi connectivity index (χ0n) is 18.6. The molecule has 31 heavy (non-hydrogen) atoms. The third-order valence-corrected chi connectivity index (χ3v) is 5.99. The van der Waals surface area contributed by atoms with Crippen LogP contribution >= 0.6 is 0 Å². The quantitative estimate of drug-likeness (QED) is 0.647. The molecule has 2 amide bonds. The van der Waals surface area contributed by atoms with Crippen LogP contribution in [0.1, 0.15) is 49.9 Å². The minimum absolute atomic E-state index is 0.0176. The van der Waals surface area contributed by atoms with E-state index in [9.17, 15) is 9.59 Å². The first kappa shape index (κ1) is 20.9. The van der Waals surface area contributed by atoms with Crippen LogP contribution in [0.2, 0.25) is 0 Å². The molecule has 0 unspecified atom stereocenters. The molecule has 4 rings (SSSR count). The molecule has 2 aromatic carbocycles. The van der Waals surface area contributed by atoms with Crippen LogP contribution in [0.4, 0.5) is 15.3 Å². The fourth-order valence-corrected chi connectivity index (χ4v) is 4.15. The average Bonchev–Trinajstić information content (AvgIpc) is 3.35. The molecule has 7 nitrogen and oxygen atoms in total. The maximum absolute atomic E-state index is 13.1. The van der Waals surface area contributed by atoms with Gasteiger partial charge in [0.2, 0.25) is 0 Å². The molecule has 0 saturated carbocycles. The lowest BCUT2D eigenvalue weighted by atomic mass is 9.85. The van der Waals surface area contributed by atoms with E-state index in [1.54, 1.807) is 30.3 Å². The van der Waals surface area contributed by atoms with Crippen molar-refractivity contribution in [3.05, 3.63) is 59.3 Å². The summed E-state index contributed by atoms with van der Waals surface area (Å²) < 4.78 is 5.96. The Morgan fingerprint density at radius 1 is 1.23 bits per heavy atom. The predicted molar refractivity (Wildman–Crippen MR) is 121 cm³/mol. The Balaban J connectivity index is 1.56. The van der Waals surface area contributed by atoms with Crippen molar-refractivity contribution in [1.29, 1.82) is 0 Å². The van der Waals surface area contributed by atoms with Gasteiger partial charge in [-0.2, -0.15) is 9.78 Å². The van der Waals surface area contributed by atoms with Crippen LogP contribution in [0.5, 0.6) is 0 Å². The second kappa shape index (κ2) is 7.72. The number of anilines is 1. The lowest BCUT2D eigenvalue weighted by Gasteiger charge is -2.23. The number of aryl methyl sites for hydroxylation is 1. The maximum atomic E-state index is 13.1. The number of nitrogens with zero attached hydrogens (tertiary/aromatic N) is 3. The van der Waals surface area contributed by atoms with Gasteiger partial charge in [0.1, 0.15) is 0 Å². The van der Waals surface area contributed by atoms with Crippen LogP contribution in [0.15, 0.2) is 42.6 Å². The van der Waals surface area contributed by atoms with Crippen molar-refractivity contribution in [2.75, 3.05) is 19.1 Å². The SMILES string of the molecule is COC(=O)n1ncc2c(N(C)C(=O)N[C@H]3CCc4cc(C(C)(C)C)ccc43)cccc21. The Morgan fingerprint density at radius 3 is 2.71 bits per heavy atom. The number of urea groups is 1. The van der Waals surface area contributed by atoms with Crippen molar-refractivity contribution in [2.45, 2.75) is 45.1 Å². The summed E-state index contributed by atoms with van der Waals surface area (Å²) in [5.74, 6) is 0. The molecular formula is C24H28N4O3. The van der Waals surface area contributed by atoms with Gasteiger partial charge in [0, 0.05) is 12.4 Å². The first-order chi connectivity index (χ1) is 14.7. The van der Waals surface area contributed by atoms with Crippen molar-refractivity contribution >= 4 is 28.7 Å². The largest absolute Gasteiger partial charge is 0.451 e. The van der Waals surface area contributed by atoms with Crippen LogP contribution in [-0.4, -0.2) is 36.1 Å². The van der Waals surface area contributed by atoms with Crippen molar-refractivity contribution in [3.8, 4) is 0 Å². The lowest BCUT2D eigenvalue weighted by molar-refractivity contribution is 0.170. The van der Waals surface area contributed by atoms with Gasteiger partial charge < -0.3 is 10.1 Å². The molecule has 1 N–H and O–H groups in total. The molecule has 3 aromatic rings. The molecule has 0 aliphatic heterocycles. The summed E-state index contributed by atoms with van der Waals surface area (Å²) >= 11 is 0. The van der Waals surface area contributed by atoms with E-state index in [-0.39, 0.29) is 17.5 Å². The number of carbonyl (C=O) groups excluding carboxylic acids is 2. The van der Waals surface area contributed by atoms with E-state index in [4.69, 9.17) is 4.74 Å². The summed E-state index contributed by atoms with van der Waals surface area (Å²) in [4.78, 5) is 26.6. The van der Waals surface area contributed by atoms with E-state index in [0.29, 0.717) is 16.6 Å². The van der Waals surface area contributed by atoms with Crippen molar-refractivity contribution in [2.24, 2.45) is 0 Å². The van der Waals surface area contributed by atoms with E-state index >= 15 is 0 Å². The third-order valence-electron chi connectivity index (χ3n) is 5.99. The number of aromatic nitrogens is 2. The minimum Gasteiger partial charge on any atom is -0.451 e. The van der Waals surface area contributed by atoms with Gasteiger partial charge in [-0.1, -0.05) is 45.0 Å². The summed E-state index contributed by atoms with van der Waals surface area (Å²) in [6, 6.07) is 11.8. The molecule has 0 fully saturated rings. The highest BCUT2D eigenvalue weighted by Gasteiger charge is 2.27. The van der Waals surface area contributed by atoms with E-state index in [1.807, 2.05) is 6.07 Å². The van der Waals surface area contributed by atoms with E-state index < -0.39 is 6.09 Å². The molecule has 0 radical (unpaired) electrons. The second-order valence-electron chi connectivity index (χ2n) is 9.00. The van der Waals surface area contributed by atoms with Gasteiger partial charge >= 0.3 is 12.1 Å². The Labute approximate surface area is 182 Å². The molecule has 1 aliphatic carbocycles. The molecule has 0 spiro atoms. The zero-order chi connectivity index (χ0) is 22.3. The smallest absolute Gasteiger partial charge is 0.434 e. The summed E-state index contributed by atoms with van der Waals surface area (Å²) in [6.07, 6.45) is 2.84. The van der Waals surface area contributed by atoms with Crippen LogP contribution < -0.4 is 10.2 Å². The van der Waals surface area contributed by atoms with Gasteiger partial charge in [-0.25, -0.2) is 9.59 Å². The fourth-order valence-electron chi connectivity index (χ4n) is 4.15. The first-order valence-electron chi connectivity index (χ1n) is 10.4. The molecule has 162 valence electrons. The minimum atomic E-state index is -0.573. The fraction of sp³-hybridized carbons (Fsp3) is 0.375. The second-order valence-corrected chi connectivity index (χ2v) is 9.00. The molecule has 1 atom stereocenters. The molecule has 1 aliphatic rings. The normalized spacial score (nSPS) is 15.6. The molecule has 0 bridgehead atoms. The van der Waals surface area contributed by atoms with Gasteiger partial charge in [-0.15, -0.1) is 0 Å². The number of carbonyl (C=O) groups is 2. The van der Waals surface area contributed by atoms with E-state index in [0.717, 1.165) is 12.8 Å². The van der Waals surface area contributed by atoms with Gasteiger partial charge in [-0.05, 0) is 47.1 Å². The van der Waals surface area contributed by atoms with Gasteiger partial charge in [0.25, 0.3) is 0 Å². The maximum Gasteiger partial charge on any atom is 0.434 e. The van der Waals surface area contributed by atoms with Crippen LogP contribution in [0.3, 0.4) is 0 Å². The summed E-state index contributed by atoms with van der Waals surface area (Å²) in [5.41, 5.74) is 5.17. The molecule has 1 aromatic heterocycles. The number of fused-ring (bicyclic) bond motifs is 2. The number of nitrogens with one attached hydrogen (secondary N) is 1. The third kappa shape index (κ3) is 3.76. The number of methoxy groups -OCH3 is 1. The van der Waals surface area contributed by atoms with Crippen LogP contribution in [0, 0.1) is 0 Å². The Kier molecular flexibility index (Phi) is 5.21. The molecular weight excluding hydrogens is 392 g/mol. The summed E-state index contributed by atoms with van der Waals surface area (Å²) in [5, 5.41) is 7.98. The monoisotopic (exact) mass is 420 g/mol. The van der Waals surface area contributed by atoms with E-state index in [1.165, 1.54) is 28.5 Å². The van der Waals surface area contributed by atoms with Crippen molar-refractivity contribution < 1.29 is 14.3 Å². The van der Waals surface area contributed by atoms with E-state index in [2.05, 4.69) is 49.4 Å². The lowest BCUT2D eigenvalue weighted by Crippen LogP contribution is -2.39. The number of ether oxygens (including phenoxy) is 1. The molecule has 1 heterocycles. The highest BCUT2D eigenvalue weighted by atomic mass is 16.5. The standard InChI is InChI=1S/C24H28N4O3/c1-24(2,3)16-10-11-17-15(13-16)9-12-19(17)26-22(29)27(4)20-7-6-8-21-18(20)14-25-28(21)23(30)31-5/h6-8,10-11,13-14,19H,9,12H2,1-5H3,(H,26,29)/t19-/m0/s1.